The first-order chi connectivity index (χ1) is 11.3. The van der Waals surface area contributed by atoms with Crippen molar-refractivity contribution in [3.05, 3.63) is 65.2 Å². The predicted molar refractivity (Wildman–Crippen MR) is 94.7 cm³/mol. The molecule has 2 aromatic carbocycles. The molecule has 1 unspecified atom stereocenters. The molecule has 1 aliphatic rings. The average Bonchev–Trinajstić information content (AvgIpc) is 2.82. The van der Waals surface area contributed by atoms with Crippen LogP contribution in [0, 0.1) is 0 Å². The zero-order valence-electron chi connectivity index (χ0n) is 14.0. The second-order valence-corrected chi connectivity index (χ2v) is 6.06. The molecule has 0 aliphatic carbocycles. The van der Waals surface area contributed by atoms with Gasteiger partial charge in [0.1, 0.15) is 0 Å². The van der Waals surface area contributed by atoms with Crippen molar-refractivity contribution in [2.45, 2.75) is 38.6 Å². The van der Waals surface area contributed by atoms with Crippen LogP contribution in [0.5, 0.6) is 5.75 Å². The summed E-state index contributed by atoms with van der Waals surface area (Å²) in [5.41, 5.74) is 7.08. The largest absolute Gasteiger partial charge is 0.408 e. The van der Waals surface area contributed by atoms with Crippen molar-refractivity contribution in [1.29, 1.82) is 0 Å². The molecule has 0 aromatic heterocycles. The van der Waals surface area contributed by atoms with Crippen molar-refractivity contribution in [2.24, 2.45) is 0 Å². The Morgan fingerprint density at radius 3 is 2.87 bits per heavy atom. The lowest BCUT2D eigenvalue weighted by molar-refractivity contribution is 0.201. The Morgan fingerprint density at radius 2 is 2.04 bits per heavy atom. The van der Waals surface area contributed by atoms with E-state index in [4.69, 9.17) is 4.84 Å². The molecule has 0 saturated heterocycles. The minimum absolute atomic E-state index is 0.375. The molecular formula is C20H26N2O. The second-order valence-electron chi connectivity index (χ2n) is 6.06. The molecule has 2 atom stereocenters. The highest BCUT2D eigenvalue weighted by Gasteiger charge is 2.22. The Morgan fingerprint density at radius 1 is 1.17 bits per heavy atom. The molecule has 0 saturated carbocycles. The van der Waals surface area contributed by atoms with Crippen molar-refractivity contribution >= 4 is 0 Å². The average molecular weight is 310 g/mol. The zero-order chi connectivity index (χ0) is 16.1. The van der Waals surface area contributed by atoms with E-state index in [2.05, 4.69) is 61.0 Å². The highest BCUT2D eigenvalue weighted by molar-refractivity contribution is 5.43. The highest BCUT2D eigenvalue weighted by Crippen LogP contribution is 2.36. The Balaban J connectivity index is 1.95. The third-order valence-electron chi connectivity index (χ3n) is 4.59. The first-order valence-corrected chi connectivity index (χ1v) is 8.65. The fourth-order valence-electron chi connectivity index (χ4n) is 3.43. The number of hydrogen-bond acceptors (Lipinski definition) is 3. The van der Waals surface area contributed by atoms with Crippen LogP contribution in [0.25, 0.3) is 0 Å². The van der Waals surface area contributed by atoms with Crippen molar-refractivity contribution in [3.63, 3.8) is 0 Å². The molecule has 3 heteroatoms. The van der Waals surface area contributed by atoms with Gasteiger partial charge in [-0.1, -0.05) is 56.3 Å². The van der Waals surface area contributed by atoms with Gasteiger partial charge >= 0.3 is 0 Å². The van der Waals surface area contributed by atoms with Gasteiger partial charge in [0, 0.05) is 24.1 Å². The maximum atomic E-state index is 5.68. The lowest BCUT2D eigenvalue weighted by Crippen LogP contribution is -2.20. The van der Waals surface area contributed by atoms with Crippen LogP contribution in [0.3, 0.4) is 0 Å². The second kappa shape index (κ2) is 7.62. The van der Waals surface area contributed by atoms with Gasteiger partial charge in [-0.25, -0.2) is 0 Å². The molecule has 0 fully saturated rings. The predicted octanol–water partition coefficient (Wildman–Crippen LogP) is 4.17. The van der Waals surface area contributed by atoms with Crippen LogP contribution >= 0.6 is 0 Å². The molecule has 23 heavy (non-hydrogen) atoms. The van der Waals surface area contributed by atoms with E-state index in [1.165, 1.54) is 16.7 Å². The summed E-state index contributed by atoms with van der Waals surface area (Å²) in [6, 6.07) is 17.8. The molecule has 0 spiro atoms. The number of benzene rings is 2. The van der Waals surface area contributed by atoms with E-state index in [9.17, 15) is 0 Å². The smallest absolute Gasteiger partial charge is 0.150 e. The minimum atomic E-state index is 0.375. The molecule has 2 aromatic rings. The molecular weight excluding hydrogens is 284 g/mol. The number of para-hydroxylation sites is 1. The molecule has 2 N–H and O–H groups in total. The van der Waals surface area contributed by atoms with Crippen LogP contribution in [0.1, 0.15) is 55.3 Å². The minimum Gasteiger partial charge on any atom is -0.408 e. The van der Waals surface area contributed by atoms with E-state index in [1.54, 1.807) is 0 Å². The standard InChI is InChI=1S/C20H26N2O/c1-3-19(21-4-2)16-9-7-8-15(14-16)17-12-13-22-23-20-11-6-5-10-18(17)20/h5-11,14,17,19,21-22H,3-4,12-13H2,1-2H3/t17?,19-/m0/s1. The van der Waals surface area contributed by atoms with Crippen molar-refractivity contribution in [2.75, 3.05) is 13.1 Å². The normalized spacial score (nSPS) is 18.6. The maximum absolute atomic E-state index is 5.68. The Labute approximate surface area is 139 Å². The van der Waals surface area contributed by atoms with Gasteiger partial charge in [-0.2, -0.15) is 5.48 Å². The van der Waals surface area contributed by atoms with E-state index < -0.39 is 0 Å². The third-order valence-corrected chi connectivity index (χ3v) is 4.59. The summed E-state index contributed by atoms with van der Waals surface area (Å²) < 4.78 is 0. The number of nitrogens with one attached hydrogen (secondary N) is 2. The Bertz CT molecular complexity index is 641. The summed E-state index contributed by atoms with van der Waals surface area (Å²) in [7, 11) is 0. The first kappa shape index (κ1) is 16.0. The molecule has 0 amide bonds. The number of hydroxylamine groups is 1. The molecule has 3 rings (SSSR count). The lowest BCUT2D eigenvalue weighted by atomic mass is 9.86. The van der Waals surface area contributed by atoms with Gasteiger partial charge in [0.2, 0.25) is 0 Å². The van der Waals surface area contributed by atoms with Crippen LogP contribution in [0.4, 0.5) is 0 Å². The van der Waals surface area contributed by atoms with Crippen LogP contribution in [0.15, 0.2) is 48.5 Å². The molecule has 1 heterocycles. The van der Waals surface area contributed by atoms with Gasteiger partial charge in [0.05, 0.1) is 0 Å². The Hall–Kier alpha value is -1.84. The molecule has 1 aliphatic heterocycles. The summed E-state index contributed by atoms with van der Waals surface area (Å²) in [6.45, 7) is 6.25. The molecule has 122 valence electrons. The van der Waals surface area contributed by atoms with E-state index >= 15 is 0 Å². The molecule has 3 nitrogen and oxygen atoms in total. The summed E-state index contributed by atoms with van der Waals surface area (Å²) in [6.07, 6.45) is 2.14. The van der Waals surface area contributed by atoms with Crippen LogP contribution in [-0.2, 0) is 0 Å². The maximum Gasteiger partial charge on any atom is 0.150 e. The summed E-state index contributed by atoms with van der Waals surface area (Å²) in [4.78, 5) is 5.68. The number of fused-ring (bicyclic) bond motifs is 1. The molecule has 0 bridgehead atoms. The van der Waals surface area contributed by atoms with E-state index in [0.717, 1.165) is 31.7 Å². The van der Waals surface area contributed by atoms with E-state index in [-0.39, 0.29) is 0 Å². The van der Waals surface area contributed by atoms with Crippen LogP contribution in [0.2, 0.25) is 0 Å². The van der Waals surface area contributed by atoms with Crippen molar-refractivity contribution in [3.8, 4) is 5.75 Å². The van der Waals surface area contributed by atoms with Gasteiger partial charge in [0.25, 0.3) is 0 Å². The SMILES string of the molecule is CCN[C@@H](CC)c1cccc(C2CCNOc3ccccc32)c1. The first-order valence-electron chi connectivity index (χ1n) is 8.65. The zero-order valence-corrected chi connectivity index (χ0v) is 14.0. The van der Waals surface area contributed by atoms with Crippen LogP contribution in [-0.4, -0.2) is 13.1 Å². The summed E-state index contributed by atoms with van der Waals surface area (Å²) in [5.74, 6) is 1.32. The van der Waals surface area contributed by atoms with Gasteiger partial charge in [0.15, 0.2) is 5.75 Å². The fraction of sp³-hybridized carbons (Fsp3) is 0.400. The van der Waals surface area contributed by atoms with Crippen molar-refractivity contribution < 1.29 is 4.84 Å². The van der Waals surface area contributed by atoms with Gasteiger partial charge in [-0.3, -0.25) is 0 Å². The quantitative estimate of drug-likeness (QED) is 0.870. The van der Waals surface area contributed by atoms with Gasteiger partial charge in [-0.15, -0.1) is 0 Å². The third kappa shape index (κ3) is 3.57. The fourth-order valence-corrected chi connectivity index (χ4v) is 3.43. The van der Waals surface area contributed by atoms with Crippen molar-refractivity contribution in [1.82, 2.24) is 10.8 Å². The highest BCUT2D eigenvalue weighted by atomic mass is 16.6. The lowest BCUT2D eigenvalue weighted by Gasteiger charge is -2.21. The Kier molecular flexibility index (Phi) is 5.31. The van der Waals surface area contributed by atoms with E-state index in [1.807, 2.05) is 12.1 Å². The molecule has 0 radical (unpaired) electrons. The van der Waals surface area contributed by atoms with Gasteiger partial charge in [-0.05, 0) is 36.6 Å². The van der Waals surface area contributed by atoms with Gasteiger partial charge < -0.3 is 10.2 Å². The number of hydrogen-bond donors (Lipinski definition) is 2. The van der Waals surface area contributed by atoms with E-state index in [0.29, 0.717) is 12.0 Å². The monoisotopic (exact) mass is 310 g/mol. The summed E-state index contributed by atoms with van der Waals surface area (Å²) in [5, 5.41) is 3.57. The summed E-state index contributed by atoms with van der Waals surface area (Å²) >= 11 is 0. The van der Waals surface area contributed by atoms with Crippen LogP contribution < -0.4 is 15.6 Å². The number of rotatable bonds is 5. The topological polar surface area (TPSA) is 33.3 Å².